The number of rotatable bonds is 5. The second-order valence-electron chi connectivity index (χ2n) is 7.67. The van der Waals surface area contributed by atoms with Gasteiger partial charge in [0.05, 0.1) is 0 Å². The number of alkyl halides is 2. The molecule has 1 heterocycles. The van der Waals surface area contributed by atoms with E-state index in [1.807, 2.05) is 4.90 Å². The van der Waals surface area contributed by atoms with Gasteiger partial charge in [0.25, 0.3) is 5.91 Å². The highest BCUT2D eigenvalue weighted by Crippen LogP contribution is 2.31. The van der Waals surface area contributed by atoms with Gasteiger partial charge in [-0.2, -0.15) is 0 Å². The number of aryl methyl sites for hydroxylation is 1. The number of fused-ring (bicyclic) bond motifs is 3. The molecule has 1 amide bonds. The van der Waals surface area contributed by atoms with Crippen LogP contribution in [0.2, 0.25) is 0 Å². The minimum absolute atomic E-state index is 0.175. The molecule has 0 atom stereocenters. The molecule has 3 nitrogen and oxygen atoms in total. The first-order valence-electron chi connectivity index (χ1n) is 10.2. The summed E-state index contributed by atoms with van der Waals surface area (Å²) < 4.78 is 2.34. The number of carbonyl (C=O) groups is 1. The number of amides is 1. The van der Waals surface area contributed by atoms with Crippen LogP contribution in [-0.2, 0) is 17.9 Å². The molecule has 4 rings (SSSR count). The Balaban J connectivity index is 1.72. The van der Waals surface area contributed by atoms with Crippen LogP contribution < -0.4 is 0 Å². The predicted molar refractivity (Wildman–Crippen MR) is 118 cm³/mol. The number of halogens is 2. The fourth-order valence-corrected chi connectivity index (χ4v) is 4.89. The Hall–Kier alpha value is -1.71. The van der Waals surface area contributed by atoms with Gasteiger partial charge in [0.1, 0.15) is 0 Å². The average molecular weight is 417 g/mol. The maximum absolute atomic E-state index is 12.7. The van der Waals surface area contributed by atoms with Crippen molar-refractivity contribution < 1.29 is 4.79 Å². The number of nitrogens with zero attached hydrogens (tertiary/aromatic N) is 2. The van der Waals surface area contributed by atoms with Crippen molar-refractivity contribution in [1.29, 1.82) is 0 Å². The number of aromatic nitrogens is 1. The predicted octanol–water partition coefficient (Wildman–Crippen LogP) is 6.28. The van der Waals surface area contributed by atoms with E-state index in [-0.39, 0.29) is 11.9 Å². The van der Waals surface area contributed by atoms with E-state index in [1.54, 1.807) is 0 Å². The first kappa shape index (κ1) is 19.6. The Labute approximate surface area is 176 Å². The minimum Gasteiger partial charge on any atom is -0.341 e. The van der Waals surface area contributed by atoms with Gasteiger partial charge in [0.2, 0.25) is 0 Å². The van der Waals surface area contributed by atoms with Crippen molar-refractivity contribution >= 4 is 50.9 Å². The zero-order valence-corrected chi connectivity index (χ0v) is 17.7. The highest BCUT2D eigenvalue weighted by molar-refractivity contribution is 6.53. The second-order valence-corrected chi connectivity index (χ2v) is 8.77. The smallest absolute Gasteiger partial charge is 0.256 e. The molecule has 0 spiro atoms. The molecule has 0 bridgehead atoms. The number of para-hydroxylation sites is 1. The van der Waals surface area contributed by atoms with Crippen LogP contribution in [0.5, 0.6) is 0 Å². The summed E-state index contributed by atoms with van der Waals surface area (Å²) in [6, 6.07) is 15.3. The Morgan fingerprint density at radius 3 is 2.50 bits per heavy atom. The van der Waals surface area contributed by atoms with Gasteiger partial charge in [0, 0.05) is 40.9 Å². The van der Waals surface area contributed by atoms with Gasteiger partial charge in [0.15, 0.2) is 4.84 Å². The van der Waals surface area contributed by atoms with Crippen molar-refractivity contribution in [2.75, 3.05) is 0 Å². The third kappa shape index (κ3) is 3.62. The molecule has 0 unspecified atom stereocenters. The zero-order valence-electron chi connectivity index (χ0n) is 16.2. The molecule has 1 aliphatic carbocycles. The summed E-state index contributed by atoms with van der Waals surface area (Å²) in [7, 11) is 0. The summed E-state index contributed by atoms with van der Waals surface area (Å²) in [6.07, 6.45) is 5.62. The topological polar surface area (TPSA) is 25.2 Å². The van der Waals surface area contributed by atoms with Crippen LogP contribution in [0, 0.1) is 0 Å². The highest BCUT2D eigenvalue weighted by atomic mass is 35.5. The highest BCUT2D eigenvalue weighted by Gasteiger charge is 2.29. The Morgan fingerprint density at radius 2 is 1.79 bits per heavy atom. The molecule has 2 aromatic carbocycles. The summed E-state index contributed by atoms with van der Waals surface area (Å²) >= 11 is 11.9. The van der Waals surface area contributed by atoms with Crippen molar-refractivity contribution in [1.82, 2.24) is 9.47 Å². The van der Waals surface area contributed by atoms with Crippen LogP contribution in [0.1, 0.15) is 44.6 Å². The molecule has 5 heteroatoms. The quantitative estimate of drug-likeness (QED) is 0.449. The summed E-state index contributed by atoms with van der Waals surface area (Å²) in [5, 5.41) is 2.49. The van der Waals surface area contributed by atoms with Crippen molar-refractivity contribution in [2.24, 2.45) is 0 Å². The molecule has 28 heavy (non-hydrogen) atoms. The molecule has 0 N–H and O–H groups in total. The number of hydrogen-bond donors (Lipinski definition) is 0. The third-order valence-electron chi connectivity index (χ3n) is 5.99. The van der Waals surface area contributed by atoms with Crippen molar-refractivity contribution in [2.45, 2.75) is 63.0 Å². The van der Waals surface area contributed by atoms with Crippen molar-refractivity contribution in [3.05, 3.63) is 48.0 Å². The van der Waals surface area contributed by atoms with Gasteiger partial charge < -0.3 is 9.47 Å². The van der Waals surface area contributed by atoms with Gasteiger partial charge in [-0.3, -0.25) is 4.79 Å². The van der Waals surface area contributed by atoms with Crippen molar-refractivity contribution in [3.8, 4) is 0 Å². The second kappa shape index (κ2) is 8.34. The summed E-state index contributed by atoms with van der Waals surface area (Å²) in [5.41, 5.74) is 3.61. The zero-order chi connectivity index (χ0) is 19.7. The van der Waals surface area contributed by atoms with Gasteiger partial charge in [-0.15, -0.1) is 0 Å². The average Bonchev–Trinajstić information content (AvgIpc) is 3.05. The SMILES string of the molecule is CCn1c2ccccc2c2cc(CN(C(=O)C(Cl)Cl)C3CCCCC3)ccc21. The lowest BCUT2D eigenvalue weighted by atomic mass is 9.93. The van der Waals surface area contributed by atoms with Crippen LogP contribution in [0.25, 0.3) is 21.8 Å². The molecule has 0 radical (unpaired) electrons. The summed E-state index contributed by atoms with van der Waals surface area (Å²) in [5.74, 6) is -0.175. The van der Waals surface area contributed by atoms with E-state index in [1.165, 1.54) is 28.2 Å². The summed E-state index contributed by atoms with van der Waals surface area (Å²) in [4.78, 5) is 13.6. The van der Waals surface area contributed by atoms with E-state index >= 15 is 0 Å². The molecule has 0 saturated heterocycles. The maximum atomic E-state index is 12.7. The molecule has 0 aliphatic heterocycles. The minimum atomic E-state index is -1.01. The van der Waals surface area contributed by atoms with E-state index in [0.717, 1.165) is 37.8 Å². The Kier molecular flexibility index (Phi) is 5.84. The third-order valence-corrected chi connectivity index (χ3v) is 6.36. The lowest BCUT2D eigenvalue weighted by Crippen LogP contribution is -2.43. The van der Waals surface area contributed by atoms with E-state index in [4.69, 9.17) is 23.2 Å². The number of carbonyl (C=O) groups excluding carboxylic acids is 1. The van der Waals surface area contributed by atoms with Crippen LogP contribution in [-0.4, -0.2) is 26.3 Å². The van der Waals surface area contributed by atoms with E-state index in [9.17, 15) is 4.79 Å². The molecule has 3 aromatic rings. The monoisotopic (exact) mass is 416 g/mol. The Morgan fingerprint density at radius 1 is 1.07 bits per heavy atom. The van der Waals surface area contributed by atoms with Gasteiger partial charge in [-0.25, -0.2) is 0 Å². The molecular formula is C23H26Cl2N2O. The van der Waals surface area contributed by atoms with Crippen LogP contribution in [0.3, 0.4) is 0 Å². The first-order valence-corrected chi connectivity index (χ1v) is 11.1. The molecular weight excluding hydrogens is 391 g/mol. The molecule has 1 saturated carbocycles. The van der Waals surface area contributed by atoms with E-state index < -0.39 is 4.84 Å². The molecule has 148 valence electrons. The normalized spacial score (nSPS) is 15.6. The molecule has 1 fully saturated rings. The van der Waals surface area contributed by atoms with E-state index in [2.05, 4.69) is 54.0 Å². The van der Waals surface area contributed by atoms with Crippen LogP contribution in [0.4, 0.5) is 0 Å². The standard InChI is InChI=1S/C23H26Cl2N2O/c1-2-26-20-11-7-6-10-18(20)19-14-16(12-13-21(19)26)15-27(23(28)22(24)25)17-8-4-3-5-9-17/h6-7,10-14,17,22H,2-5,8-9,15H2,1H3. The van der Waals surface area contributed by atoms with Crippen LogP contribution >= 0.6 is 23.2 Å². The number of benzene rings is 2. The molecule has 1 aromatic heterocycles. The van der Waals surface area contributed by atoms with Crippen molar-refractivity contribution in [3.63, 3.8) is 0 Å². The largest absolute Gasteiger partial charge is 0.341 e. The summed E-state index contributed by atoms with van der Waals surface area (Å²) in [6.45, 7) is 3.65. The lowest BCUT2D eigenvalue weighted by Gasteiger charge is -2.35. The maximum Gasteiger partial charge on any atom is 0.256 e. The lowest BCUT2D eigenvalue weighted by molar-refractivity contribution is -0.133. The fourth-order valence-electron chi connectivity index (χ4n) is 4.64. The Bertz CT molecular complexity index is 989. The van der Waals surface area contributed by atoms with E-state index in [0.29, 0.717) is 6.54 Å². The number of hydrogen-bond acceptors (Lipinski definition) is 1. The van der Waals surface area contributed by atoms with Crippen LogP contribution in [0.15, 0.2) is 42.5 Å². The fraction of sp³-hybridized carbons (Fsp3) is 0.435. The first-order chi connectivity index (χ1) is 13.6. The molecule has 1 aliphatic rings. The van der Waals surface area contributed by atoms with Gasteiger partial charge >= 0.3 is 0 Å². The van der Waals surface area contributed by atoms with Gasteiger partial charge in [-0.1, -0.05) is 66.7 Å². The van der Waals surface area contributed by atoms with Gasteiger partial charge in [-0.05, 0) is 43.5 Å².